The second kappa shape index (κ2) is 6.84. The van der Waals surface area contributed by atoms with Crippen LogP contribution in [-0.2, 0) is 0 Å². The molecule has 0 aliphatic rings. The van der Waals surface area contributed by atoms with E-state index in [1.165, 1.54) is 6.08 Å². The van der Waals surface area contributed by atoms with Gasteiger partial charge in [0.15, 0.2) is 0 Å². The highest BCUT2D eigenvalue weighted by Gasteiger charge is 2.15. The van der Waals surface area contributed by atoms with Crippen molar-refractivity contribution in [2.24, 2.45) is 0 Å². The molecule has 1 heterocycles. The van der Waals surface area contributed by atoms with Gasteiger partial charge in [-0.05, 0) is 35.9 Å². The summed E-state index contributed by atoms with van der Waals surface area (Å²) in [6.07, 6.45) is 1.50. The molecule has 0 atom stereocenters. The molecule has 4 aromatic rings. The number of para-hydroxylation sites is 2. The number of benzene rings is 3. The number of hydrogen-bond acceptors (Lipinski definition) is 2. The molecule has 1 aromatic heterocycles. The number of rotatable bonds is 4. The number of hydrogen-bond donors (Lipinski definition) is 0. The highest BCUT2D eigenvalue weighted by molar-refractivity contribution is 5.86. The van der Waals surface area contributed by atoms with Crippen molar-refractivity contribution in [1.82, 2.24) is 9.55 Å². The van der Waals surface area contributed by atoms with Gasteiger partial charge in [0.2, 0.25) is 5.95 Å². The zero-order valence-corrected chi connectivity index (χ0v) is 14.3. The van der Waals surface area contributed by atoms with Crippen LogP contribution >= 0.6 is 0 Å². The van der Waals surface area contributed by atoms with E-state index in [-0.39, 0.29) is 5.95 Å². The highest BCUT2D eigenvalue weighted by atomic mass is 19.1. The van der Waals surface area contributed by atoms with E-state index in [0.29, 0.717) is 5.82 Å². The lowest BCUT2D eigenvalue weighted by Crippen LogP contribution is -1.96. The van der Waals surface area contributed by atoms with E-state index < -0.39 is 0 Å². The molecule has 3 aromatic carbocycles. The van der Waals surface area contributed by atoms with Crippen molar-refractivity contribution in [3.05, 3.63) is 84.4 Å². The van der Waals surface area contributed by atoms with Crippen molar-refractivity contribution in [2.45, 2.75) is 0 Å². The minimum atomic E-state index is -0.386. The SMILES string of the molecule is COc1ccc(/C=C(/F)n2c(-c3ccccc3)nc3ccccc32)cc1. The van der Waals surface area contributed by atoms with Crippen molar-refractivity contribution in [2.75, 3.05) is 7.11 Å². The maximum atomic E-state index is 15.3. The first-order valence-electron chi connectivity index (χ1n) is 8.31. The molecule has 0 amide bonds. The van der Waals surface area contributed by atoms with Gasteiger partial charge in [0.25, 0.3) is 0 Å². The van der Waals surface area contributed by atoms with Crippen LogP contribution in [0.3, 0.4) is 0 Å². The predicted molar refractivity (Wildman–Crippen MR) is 103 cm³/mol. The van der Waals surface area contributed by atoms with Crippen LogP contribution in [0.5, 0.6) is 5.75 Å². The average molecular weight is 344 g/mol. The Morgan fingerprint density at radius 3 is 2.35 bits per heavy atom. The van der Waals surface area contributed by atoms with Gasteiger partial charge < -0.3 is 4.74 Å². The molecule has 0 aliphatic carbocycles. The molecular formula is C22H17FN2O. The first kappa shape index (κ1) is 16.1. The summed E-state index contributed by atoms with van der Waals surface area (Å²) in [4.78, 5) is 4.64. The van der Waals surface area contributed by atoms with Gasteiger partial charge in [0, 0.05) is 5.56 Å². The molecule has 3 nitrogen and oxygen atoms in total. The zero-order chi connectivity index (χ0) is 17.9. The largest absolute Gasteiger partial charge is 0.497 e. The summed E-state index contributed by atoms with van der Waals surface area (Å²) in [5.74, 6) is 0.928. The molecule has 0 spiro atoms. The fraction of sp³-hybridized carbons (Fsp3) is 0.0455. The van der Waals surface area contributed by atoms with Crippen molar-refractivity contribution in [3.8, 4) is 17.1 Å². The van der Waals surface area contributed by atoms with Gasteiger partial charge in [-0.3, -0.25) is 4.57 Å². The number of methoxy groups -OCH3 is 1. The molecule has 0 bridgehead atoms. The zero-order valence-electron chi connectivity index (χ0n) is 14.3. The van der Waals surface area contributed by atoms with E-state index in [9.17, 15) is 0 Å². The van der Waals surface area contributed by atoms with Crippen LogP contribution in [0.4, 0.5) is 4.39 Å². The van der Waals surface area contributed by atoms with E-state index in [0.717, 1.165) is 27.9 Å². The summed E-state index contributed by atoms with van der Waals surface area (Å²) < 4.78 is 22.0. The van der Waals surface area contributed by atoms with Crippen LogP contribution in [0.25, 0.3) is 34.4 Å². The van der Waals surface area contributed by atoms with E-state index in [4.69, 9.17) is 4.74 Å². The molecule has 4 rings (SSSR count). The molecule has 0 saturated heterocycles. The lowest BCUT2D eigenvalue weighted by Gasteiger charge is -2.07. The third-order valence-corrected chi connectivity index (χ3v) is 4.21. The summed E-state index contributed by atoms with van der Waals surface area (Å²) in [6, 6.07) is 24.4. The first-order chi connectivity index (χ1) is 12.8. The second-order valence-corrected chi connectivity index (χ2v) is 5.87. The third kappa shape index (κ3) is 2.97. The summed E-state index contributed by atoms with van der Waals surface area (Å²) in [5, 5.41) is 0. The number of ether oxygens (including phenoxy) is 1. The Morgan fingerprint density at radius 1 is 0.923 bits per heavy atom. The van der Waals surface area contributed by atoms with Gasteiger partial charge in [-0.25, -0.2) is 4.98 Å². The van der Waals surface area contributed by atoms with Crippen LogP contribution in [0.2, 0.25) is 0 Å². The summed E-state index contributed by atoms with van der Waals surface area (Å²) >= 11 is 0. The maximum Gasteiger partial charge on any atom is 0.200 e. The molecule has 0 radical (unpaired) electrons. The van der Waals surface area contributed by atoms with Crippen molar-refractivity contribution in [3.63, 3.8) is 0 Å². The molecule has 0 unspecified atom stereocenters. The van der Waals surface area contributed by atoms with E-state index >= 15 is 4.39 Å². The number of halogens is 1. The molecule has 4 heteroatoms. The molecular weight excluding hydrogens is 327 g/mol. The van der Waals surface area contributed by atoms with Gasteiger partial charge in [0.1, 0.15) is 11.6 Å². The third-order valence-electron chi connectivity index (χ3n) is 4.21. The molecule has 0 fully saturated rings. The van der Waals surface area contributed by atoms with Gasteiger partial charge in [0.05, 0.1) is 18.1 Å². The Kier molecular flexibility index (Phi) is 4.23. The van der Waals surface area contributed by atoms with E-state index in [1.54, 1.807) is 11.7 Å². The second-order valence-electron chi connectivity index (χ2n) is 5.87. The van der Waals surface area contributed by atoms with Crippen molar-refractivity contribution >= 4 is 23.1 Å². The van der Waals surface area contributed by atoms with Crippen LogP contribution in [-0.4, -0.2) is 16.7 Å². The Labute approximate surface area is 151 Å². The van der Waals surface area contributed by atoms with Crippen LogP contribution in [0, 0.1) is 0 Å². The van der Waals surface area contributed by atoms with Crippen molar-refractivity contribution < 1.29 is 9.13 Å². The van der Waals surface area contributed by atoms with E-state index in [1.807, 2.05) is 78.9 Å². The summed E-state index contributed by atoms with van der Waals surface area (Å²) in [7, 11) is 1.61. The molecule has 0 N–H and O–H groups in total. The molecule has 0 aliphatic heterocycles. The smallest absolute Gasteiger partial charge is 0.200 e. The van der Waals surface area contributed by atoms with Gasteiger partial charge in [-0.15, -0.1) is 0 Å². The molecule has 26 heavy (non-hydrogen) atoms. The van der Waals surface area contributed by atoms with Crippen LogP contribution in [0.15, 0.2) is 78.9 Å². The van der Waals surface area contributed by atoms with Gasteiger partial charge >= 0.3 is 0 Å². The monoisotopic (exact) mass is 344 g/mol. The number of fused-ring (bicyclic) bond motifs is 1. The Morgan fingerprint density at radius 2 is 1.62 bits per heavy atom. The van der Waals surface area contributed by atoms with Gasteiger partial charge in [-0.1, -0.05) is 54.6 Å². The quantitative estimate of drug-likeness (QED) is 0.479. The minimum absolute atomic E-state index is 0.386. The Bertz CT molecular complexity index is 1070. The van der Waals surface area contributed by atoms with Gasteiger partial charge in [-0.2, -0.15) is 4.39 Å². The topological polar surface area (TPSA) is 27.1 Å². The number of imidazole rings is 1. The average Bonchev–Trinajstić information content (AvgIpc) is 3.09. The summed E-state index contributed by atoms with van der Waals surface area (Å²) in [5.41, 5.74) is 3.10. The predicted octanol–water partition coefficient (Wildman–Crippen LogP) is 5.64. The molecule has 0 saturated carbocycles. The van der Waals surface area contributed by atoms with Crippen LogP contribution < -0.4 is 4.74 Å². The fourth-order valence-corrected chi connectivity index (χ4v) is 2.93. The lowest BCUT2D eigenvalue weighted by atomic mass is 10.2. The summed E-state index contributed by atoms with van der Waals surface area (Å²) in [6.45, 7) is 0. The minimum Gasteiger partial charge on any atom is -0.497 e. The number of nitrogens with zero attached hydrogens (tertiary/aromatic N) is 2. The normalized spacial score (nSPS) is 11.7. The molecule has 128 valence electrons. The standard InChI is InChI=1S/C22H17FN2O/c1-26-18-13-11-16(12-14-18)15-21(23)25-20-10-6-5-9-19(20)24-22(25)17-7-3-2-4-8-17/h2-15H,1H3/b21-15-. The Balaban J connectivity index is 1.87. The highest BCUT2D eigenvalue weighted by Crippen LogP contribution is 2.29. The fourth-order valence-electron chi connectivity index (χ4n) is 2.93. The van der Waals surface area contributed by atoms with Crippen LogP contribution in [0.1, 0.15) is 5.56 Å². The van der Waals surface area contributed by atoms with E-state index in [2.05, 4.69) is 4.98 Å². The lowest BCUT2D eigenvalue weighted by molar-refractivity contribution is 0.415. The maximum absolute atomic E-state index is 15.3. The first-order valence-corrected chi connectivity index (χ1v) is 8.31. The number of aromatic nitrogens is 2. The van der Waals surface area contributed by atoms with Crippen molar-refractivity contribution in [1.29, 1.82) is 0 Å². The Hall–Kier alpha value is -3.40.